The zero-order valence-corrected chi connectivity index (χ0v) is 13.3. The fourth-order valence-corrected chi connectivity index (χ4v) is 2.55. The molecule has 2 rings (SSSR count). The molecule has 0 saturated heterocycles. The van der Waals surface area contributed by atoms with Crippen molar-refractivity contribution in [3.8, 4) is 5.69 Å². The van der Waals surface area contributed by atoms with E-state index in [1.807, 2.05) is 19.1 Å². The summed E-state index contributed by atoms with van der Waals surface area (Å²) in [5.74, 6) is 0. The first-order valence-electron chi connectivity index (χ1n) is 6.19. The van der Waals surface area contributed by atoms with Crippen LogP contribution in [0.15, 0.2) is 22.8 Å². The van der Waals surface area contributed by atoms with Crippen LogP contribution in [0.5, 0.6) is 0 Å². The Morgan fingerprint density at radius 1 is 1.42 bits per heavy atom. The van der Waals surface area contributed by atoms with E-state index in [0.29, 0.717) is 0 Å². The van der Waals surface area contributed by atoms with Gasteiger partial charge in [-0.15, -0.1) is 5.10 Å². The van der Waals surface area contributed by atoms with Crippen LogP contribution < -0.4 is 5.32 Å². The maximum absolute atomic E-state index is 6.18. The highest BCUT2D eigenvalue weighted by Crippen LogP contribution is 2.28. The second-order valence-electron chi connectivity index (χ2n) is 4.37. The van der Waals surface area contributed by atoms with Gasteiger partial charge in [-0.05, 0) is 53.5 Å². The molecule has 0 amide bonds. The van der Waals surface area contributed by atoms with Crippen molar-refractivity contribution in [3.05, 3.63) is 39.1 Å². The Morgan fingerprint density at radius 2 is 2.21 bits per heavy atom. The van der Waals surface area contributed by atoms with Gasteiger partial charge in [-0.3, -0.25) is 0 Å². The molecular formula is C13H16BrClN4. The number of nitrogens with one attached hydrogen (secondary N) is 1. The van der Waals surface area contributed by atoms with Gasteiger partial charge in [-0.25, -0.2) is 4.68 Å². The van der Waals surface area contributed by atoms with Gasteiger partial charge in [0.25, 0.3) is 0 Å². The van der Waals surface area contributed by atoms with Crippen LogP contribution in [0.2, 0.25) is 5.02 Å². The molecule has 0 spiro atoms. The fraction of sp³-hybridized carbons (Fsp3) is 0.385. The average molecular weight is 344 g/mol. The number of aryl methyl sites for hydroxylation is 1. The Kier molecular flexibility index (Phi) is 4.96. The smallest absolute Gasteiger partial charge is 0.0824 e. The van der Waals surface area contributed by atoms with Gasteiger partial charge in [0.1, 0.15) is 0 Å². The zero-order valence-electron chi connectivity index (χ0n) is 11.0. The van der Waals surface area contributed by atoms with Crippen LogP contribution in [-0.2, 0) is 6.54 Å². The number of hydrogen-bond donors (Lipinski definition) is 1. The molecule has 19 heavy (non-hydrogen) atoms. The van der Waals surface area contributed by atoms with Crippen LogP contribution in [0, 0.1) is 6.92 Å². The quantitative estimate of drug-likeness (QED) is 0.845. The Bertz CT molecular complexity index is 568. The molecule has 6 heteroatoms. The van der Waals surface area contributed by atoms with Crippen LogP contribution in [0.25, 0.3) is 5.69 Å². The fourth-order valence-electron chi connectivity index (χ4n) is 1.77. The van der Waals surface area contributed by atoms with Crippen LogP contribution >= 0.6 is 27.5 Å². The maximum Gasteiger partial charge on any atom is 0.0824 e. The van der Waals surface area contributed by atoms with E-state index in [2.05, 4.69) is 38.5 Å². The van der Waals surface area contributed by atoms with Crippen molar-refractivity contribution in [1.29, 1.82) is 0 Å². The number of nitrogens with zero attached hydrogens (tertiary/aromatic N) is 3. The lowest BCUT2D eigenvalue weighted by molar-refractivity contribution is 0.640. The maximum atomic E-state index is 6.18. The topological polar surface area (TPSA) is 42.7 Å². The summed E-state index contributed by atoms with van der Waals surface area (Å²) in [4.78, 5) is 0. The molecule has 1 aromatic carbocycles. The lowest BCUT2D eigenvalue weighted by Crippen LogP contribution is -2.17. The second-order valence-corrected chi connectivity index (χ2v) is 5.63. The molecule has 0 saturated carbocycles. The van der Waals surface area contributed by atoms with Crippen molar-refractivity contribution in [1.82, 2.24) is 20.3 Å². The molecule has 0 bridgehead atoms. The number of aromatic nitrogens is 3. The van der Waals surface area contributed by atoms with Gasteiger partial charge in [-0.2, -0.15) is 0 Å². The SMILES string of the molecule is CCCNCc1cnnn1-c1cc(Cl)c(C)cc1Br. The van der Waals surface area contributed by atoms with Gasteiger partial charge in [0.15, 0.2) is 0 Å². The highest BCUT2D eigenvalue weighted by atomic mass is 79.9. The Hall–Kier alpha value is -0.910. The van der Waals surface area contributed by atoms with Crippen molar-refractivity contribution < 1.29 is 0 Å². The summed E-state index contributed by atoms with van der Waals surface area (Å²) in [5.41, 5.74) is 2.94. The monoisotopic (exact) mass is 342 g/mol. The first-order valence-corrected chi connectivity index (χ1v) is 7.37. The summed E-state index contributed by atoms with van der Waals surface area (Å²) in [6.45, 7) is 5.82. The molecule has 0 radical (unpaired) electrons. The van der Waals surface area contributed by atoms with E-state index >= 15 is 0 Å². The molecule has 0 aliphatic carbocycles. The summed E-state index contributed by atoms with van der Waals surface area (Å²) < 4.78 is 2.76. The normalized spacial score (nSPS) is 10.9. The van der Waals surface area contributed by atoms with E-state index in [-0.39, 0.29) is 0 Å². The molecule has 102 valence electrons. The summed E-state index contributed by atoms with van der Waals surface area (Å²) in [6, 6.07) is 3.89. The number of hydrogen-bond acceptors (Lipinski definition) is 3. The van der Waals surface area contributed by atoms with Crippen molar-refractivity contribution in [2.24, 2.45) is 0 Å². The lowest BCUT2D eigenvalue weighted by atomic mass is 10.2. The first kappa shape index (κ1) is 14.5. The van der Waals surface area contributed by atoms with Crippen LogP contribution in [0.3, 0.4) is 0 Å². The Balaban J connectivity index is 2.32. The number of rotatable bonds is 5. The first-order chi connectivity index (χ1) is 9.13. The molecule has 1 N–H and O–H groups in total. The summed E-state index contributed by atoms with van der Waals surface area (Å²) in [5, 5.41) is 12.2. The van der Waals surface area contributed by atoms with Crippen molar-refractivity contribution in [2.75, 3.05) is 6.54 Å². The van der Waals surface area contributed by atoms with E-state index in [1.54, 1.807) is 10.9 Å². The van der Waals surface area contributed by atoms with Crippen LogP contribution in [-0.4, -0.2) is 21.5 Å². The molecule has 1 heterocycles. The standard InChI is InChI=1S/C13H16BrClN4/c1-3-4-16-7-10-8-17-18-19(10)13-6-12(15)9(2)5-11(13)14/h5-6,8,16H,3-4,7H2,1-2H3. The summed E-state index contributed by atoms with van der Waals surface area (Å²) >= 11 is 9.73. The van der Waals surface area contributed by atoms with Gasteiger partial charge in [-0.1, -0.05) is 23.7 Å². The molecule has 4 nitrogen and oxygen atoms in total. The minimum Gasteiger partial charge on any atom is -0.311 e. The van der Waals surface area contributed by atoms with Gasteiger partial charge in [0, 0.05) is 16.0 Å². The molecule has 0 aliphatic rings. The summed E-state index contributed by atoms with van der Waals surface area (Å²) in [6.07, 6.45) is 2.87. The van der Waals surface area contributed by atoms with Crippen molar-refractivity contribution in [2.45, 2.75) is 26.8 Å². The number of halogens is 2. The molecule has 0 aliphatic heterocycles. The molecule has 0 unspecified atom stereocenters. The van der Waals surface area contributed by atoms with E-state index in [1.165, 1.54) is 0 Å². The Labute approximate surface area is 126 Å². The van der Waals surface area contributed by atoms with E-state index < -0.39 is 0 Å². The van der Waals surface area contributed by atoms with Crippen molar-refractivity contribution >= 4 is 27.5 Å². The molecule has 2 aromatic rings. The van der Waals surface area contributed by atoms with Crippen LogP contribution in [0.4, 0.5) is 0 Å². The zero-order chi connectivity index (χ0) is 13.8. The average Bonchev–Trinajstić information content (AvgIpc) is 2.82. The van der Waals surface area contributed by atoms with Gasteiger partial charge >= 0.3 is 0 Å². The van der Waals surface area contributed by atoms with E-state index in [9.17, 15) is 0 Å². The highest BCUT2D eigenvalue weighted by molar-refractivity contribution is 9.10. The molecule has 0 fully saturated rings. The third-order valence-corrected chi connectivity index (χ3v) is 3.85. The van der Waals surface area contributed by atoms with Gasteiger partial charge < -0.3 is 5.32 Å². The number of benzene rings is 1. The lowest BCUT2D eigenvalue weighted by Gasteiger charge is -2.10. The van der Waals surface area contributed by atoms with Gasteiger partial charge in [0.2, 0.25) is 0 Å². The van der Waals surface area contributed by atoms with Crippen LogP contribution in [0.1, 0.15) is 24.6 Å². The van der Waals surface area contributed by atoms with E-state index in [0.717, 1.165) is 46.0 Å². The molecular weight excluding hydrogens is 328 g/mol. The minimum absolute atomic E-state index is 0.723. The molecule has 0 atom stereocenters. The predicted octanol–water partition coefficient (Wildman–Crippen LogP) is 3.49. The third kappa shape index (κ3) is 3.35. The predicted molar refractivity (Wildman–Crippen MR) is 80.8 cm³/mol. The van der Waals surface area contributed by atoms with E-state index in [4.69, 9.17) is 11.6 Å². The van der Waals surface area contributed by atoms with Gasteiger partial charge in [0.05, 0.1) is 17.6 Å². The molecule has 1 aromatic heterocycles. The summed E-state index contributed by atoms with van der Waals surface area (Å²) in [7, 11) is 0. The largest absolute Gasteiger partial charge is 0.311 e. The van der Waals surface area contributed by atoms with Crippen molar-refractivity contribution in [3.63, 3.8) is 0 Å². The highest BCUT2D eigenvalue weighted by Gasteiger charge is 2.11. The Morgan fingerprint density at radius 3 is 2.95 bits per heavy atom. The second kappa shape index (κ2) is 6.50. The third-order valence-electron chi connectivity index (χ3n) is 2.81. The minimum atomic E-state index is 0.723.